The summed E-state index contributed by atoms with van der Waals surface area (Å²) in [5, 5.41) is 9.22. The molecule has 7 rings (SSSR count). The van der Waals surface area contributed by atoms with Crippen molar-refractivity contribution in [1.82, 2.24) is 35.3 Å². The van der Waals surface area contributed by atoms with Crippen molar-refractivity contribution in [3.8, 4) is 0 Å². The van der Waals surface area contributed by atoms with Crippen LogP contribution in [0.5, 0.6) is 0 Å². The molecule has 18 heteroatoms. The van der Waals surface area contributed by atoms with Crippen LogP contribution in [-0.2, 0) is 37.1 Å². The zero-order valence-electron chi connectivity index (χ0n) is 37.4. The van der Waals surface area contributed by atoms with E-state index >= 15 is 0 Å². The number of nitrogens with zero attached hydrogens (tertiary/aromatic N) is 6. The van der Waals surface area contributed by atoms with E-state index < -0.39 is 11.9 Å². The van der Waals surface area contributed by atoms with Crippen LogP contribution in [0.25, 0.3) is 0 Å². The lowest BCUT2D eigenvalue weighted by atomic mass is 9.89. The number of carbonyl (C=O) groups is 6. The Kier molecular flexibility index (Phi) is 16.6. The van der Waals surface area contributed by atoms with Crippen molar-refractivity contribution in [2.45, 2.75) is 107 Å². The molecule has 5 heterocycles. The lowest BCUT2D eigenvalue weighted by Crippen LogP contribution is -2.52. The van der Waals surface area contributed by atoms with E-state index in [0.29, 0.717) is 72.7 Å². The van der Waals surface area contributed by atoms with E-state index in [4.69, 9.17) is 17.3 Å². The summed E-state index contributed by atoms with van der Waals surface area (Å²) in [5.74, 6) is -0.595. The Morgan fingerprint density at radius 2 is 1.67 bits per heavy atom. The molecule has 4 aliphatic rings. The molecule has 2 fully saturated rings. The Bertz CT molecular complexity index is 2320. The van der Waals surface area contributed by atoms with Crippen molar-refractivity contribution in [2.75, 3.05) is 49.5 Å². The lowest BCUT2D eigenvalue weighted by Gasteiger charge is -2.34. The third-order valence-electron chi connectivity index (χ3n) is 12.5. The van der Waals surface area contributed by atoms with Gasteiger partial charge in [0.1, 0.15) is 11.1 Å². The number of hydrogen-bond acceptors (Lipinski definition) is 12. The van der Waals surface area contributed by atoms with Gasteiger partial charge in [-0.3, -0.25) is 39.0 Å². The molecule has 5 N–H and O–H groups in total. The van der Waals surface area contributed by atoms with E-state index in [2.05, 4.69) is 37.7 Å². The van der Waals surface area contributed by atoms with Gasteiger partial charge in [0.25, 0.3) is 5.91 Å². The molecule has 0 spiro atoms. The third-order valence-corrected chi connectivity index (χ3v) is 14.0. The topological polar surface area (TPSA) is 203 Å². The van der Waals surface area contributed by atoms with Gasteiger partial charge in [-0.1, -0.05) is 86.3 Å². The molecule has 3 aromatic rings. The fraction of sp³-hybridized carbons (Fsp3) is 0.458. The minimum atomic E-state index is -0.652. The molecule has 0 radical (unpaired) electrons. The number of amides is 6. The zero-order chi connectivity index (χ0) is 46.6. The molecule has 1 atom stereocenters. The average molecular weight is 940 g/mol. The summed E-state index contributed by atoms with van der Waals surface area (Å²) in [5.41, 5.74) is 8.42. The molecular weight excluding hydrogens is 880 g/mol. The van der Waals surface area contributed by atoms with Gasteiger partial charge in [0.05, 0.1) is 23.1 Å². The van der Waals surface area contributed by atoms with Crippen LogP contribution in [0.15, 0.2) is 83.3 Å². The molecule has 1 unspecified atom stereocenters. The van der Waals surface area contributed by atoms with Gasteiger partial charge in [-0.2, -0.15) is 0 Å². The number of halogens is 1. The Morgan fingerprint density at radius 3 is 2.39 bits per heavy atom. The number of fused-ring (bicyclic) bond motifs is 1. The highest BCUT2D eigenvalue weighted by molar-refractivity contribution is 7.99. The summed E-state index contributed by atoms with van der Waals surface area (Å²) in [6.07, 6.45) is 18.6. The third kappa shape index (κ3) is 12.8. The summed E-state index contributed by atoms with van der Waals surface area (Å²) in [6.45, 7) is 7.14. The first-order chi connectivity index (χ1) is 31.9. The fourth-order valence-corrected chi connectivity index (χ4v) is 9.43. The minimum Gasteiger partial charge on any atom is -0.352 e. The fourth-order valence-electron chi connectivity index (χ4n) is 8.36. The van der Waals surface area contributed by atoms with E-state index in [0.717, 1.165) is 74.2 Å². The average Bonchev–Trinajstić information content (AvgIpc) is 3.64. The predicted molar refractivity (Wildman–Crippen MR) is 253 cm³/mol. The van der Waals surface area contributed by atoms with Crippen LogP contribution in [0.2, 0.25) is 5.02 Å². The van der Waals surface area contributed by atoms with E-state index in [-0.39, 0.29) is 54.2 Å². The maximum atomic E-state index is 13.0. The van der Waals surface area contributed by atoms with Crippen LogP contribution >= 0.6 is 23.4 Å². The lowest BCUT2D eigenvalue weighted by molar-refractivity contribution is -0.137. The molecular formula is C48H59ClN10O6S. The normalized spacial score (nSPS) is 18.1. The van der Waals surface area contributed by atoms with Crippen LogP contribution < -0.4 is 26.6 Å². The Labute approximate surface area is 395 Å². The monoisotopic (exact) mass is 938 g/mol. The molecule has 1 aromatic heterocycles. The van der Waals surface area contributed by atoms with Crippen LogP contribution in [0.1, 0.15) is 99.0 Å². The van der Waals surface area contributed by atoms with Crippen molar-refractivity contribution in [3.63, 3.8) is 0 Å². The Balaban J connectivity index is 0.710. The predicted octanol–water partition coefficient (Wildman–Crippen LogP) is 5.76. The van der Waals surface area contributed by atoms with E-state index in [1.165, 1.54) is 16.7 Å². The highest BCUT2D eigenvalue weighted by Gasteiger charge is 2.39. The zero-order valence-corrected chi connectivity index (χ0v) is 39.0. The standard InChI is InChI=1S/C48H59ClN10O6S/c1-48(32-50)18-21-57(22-19-48)39-29-53-43(30-51-39)66-38-10-8-9-36(45(38)49)54-41(61)16-17-44(63)58-25-23-56(24-26-58)20-7-5-3-2-4-6-11-40(60)52-28-33-12-13-35-34(27-33)31-59(47(35)65)37-14-15-42(62)55-46(37)64/h8-10,12-13,18-19,21-22,27,29-30,37H,2-7,11,14-17,20,23-26,28,31-32,50H2,1H3,(H,52,60)(H,54,61)(H,55,62,64). The maximum Gasteiger partial charge on any atom is 0.255 e. The first kappa shape index (κ1) is 48.3. The van der Waals surface area contributed by atoms with Crippen molar-refractivity contribution in [3.05, 3.63) is 95.1 Å². The molecule has 0 bridgehead atoms. The second kappa shape index (κ2) is 22.7. The SMILES string of the molecule is CC1(CN)C=CN(c2cnc(Sc3cccc(NC(=O)CCC(=O)N4CCN(CCCCCCCCC(=O)NCc5ccc6c(c5)CN(C5CCC(=O)NC5=O)C6=O)CC4)c3Cl)cn2)C=C1. The van der Waals surface area contributed by atoms with Gasteiger partial charge in [0.2, 0.25) is 29.5 Å². The van der Waals surface area contributed by atoms with Gasteiger partial charge < -0.3 is 31.1 Å². The van der Waals surface area contributed by atoms with Gasteiger partial charge in [0, 0.05) is 99.8 Å². The summed E-state index contributed by atoms with van der Waals surface area (Å²) in [7, 11) is 0. The first-order valence-corrected chi connectivity index (χ1v) is 24.1. The number of piperidine rings is 1. The number of rotatable bonds is 20. The molecule has 66 heavy (non-hydrogen) atoms. The number of nitrogens with two attached hydrogens (primary N) is 1. The number of piperazine rings is 1. The summed E-state index contributed by atoms with van der Waals surface area (Å²) in [4.78, 5) is 92.7. The van der Waals surface area contributed by atoms with E-state index in [9.17, 15) is 28.8 Å². The second-order valence-corrected chi connectivity index (χ2v) is 18.9. The van der Waals surface area contributed by atoms with Crippen LogP contribution in [0.4, 0.5) is 11.5 Å². The molecule has 0 aliphatic carbocycles. The summed E-state index contributed by atoms with van der Waals surface area (Å²) >= 11 is 8.05. The van der Waals surface area contributed by atoms with Crippen molar-refractivity contribution >= 4 is 70.3 Å². The second-order valence-electron chi connectivity index (χ2n) is 17.5. The van der Waals surface area contributed by atoms with Gasteiger partial charge in [0.15, 0.2) is 5.82 Å². The van der Waals surface area contributed by atoms with Gasteiger partial charge in [-0.15, -0.1) is 0 Å². The van der Waals surface area contributed by atoms with E-state index in [1.54, 1.807) is 24.5 Å². The van der Waals surface area contributed by atoms with Crippen molar-refractivity contribution in [1.29, 1.82) is 0 Å². The van der Waals surface area contributed by atoms with Crippen molar-refractivity contribution < 1.29 is 28.8 Å². The summed E-state index contributed by atoms with van der Waals surface area (Å²) in [6, 6.07) is 10.2. The van der Waals surface area contributed by atoms with Crippen molar-refractivity contribution in [2.24, 2.45) is 11.1 Å². The number of hydrogen-bond donors (Lipinski definition) is 4. The van der Waals surface area contributed by atoms with Crippen LogP contribution in [0, 0.1) is 5.41 Å². The van der Waals surface area contributed by atoms with Crippen LogP contribution in [-0.4, -0.2) is 105 Å². The first-order valence-electron chi connectivity index (χ1n) is 22.9. The van der Waals surface area contributed by atoms with Gasteiger partial charge in [-0.05, 0) is 55.1 Å². The molecule has 16 nitrogen and oxygen atoms in total. The number of imide groups is 1. The number of unbranched alkanes of at least 4 members (excludes halogenated alkanes) is 5. The minimum absolute atomic E-state index is 0.00486. The number of benzene rings is 2. The molecule has 350 valence electrons. The molecule has 6 amide bonds. The molecule has 2 aromatic carbocycles. The highest BCUT2D eigenvalue weighted by Crippen LogP contribution is 2.37. The molecule has 0 saturated carbocycles. The smallest absolute Gasteiger partial charge is 0.255 e. The Hall–Kier alpha value is -5.62. The highest BCUT2D eigenvalue weighted by atomic mass is 35.5. The van der Waals surface area contributed by atoms with Gasteiger partial charge >= 0.3 is 0 Å². The summed E-state index contributed by atoms with van der Waals surface area (Å²) < 4.78 is 0. The quantitative estimate of drug-likeness (QED) is 0.0789. The van der Waals surface area contributed by atoms with Gasteiger partial charge in [-0.25, -0.2) is 9.97 Å². The Morgan fingerprint density at radius 1 is 0.909 bits per heavy atom. The largest absolute Gasteiger partial charge is 0.352 e. The molecule has 2 saturated heterocycles. The molecule has 4 aliphatic heterocycles. The maximum absolute atomic E-state index is 13.0. The van der Waals surface area contributed by atoms with E-state index in [1.807, 2.05) is 58.6 Å². The number of carbonyl (C=O) groups excluding carboxylic acids is 6. The van der Waals surface area contributed by atoms with Crippen LogP contribution in [0.3, 0.4) is 0 Å². The number of nitrogens with one attached hydrogen (secondary N) is 3. The number of aromatic nitrogens is 2. The number of anilines is 2.